The second-order valence-corrected chi connectivity index (χ2v) is 3.06. The summed E-state index contributed by atoms with van der Waals surface area (Å²) in [6.45, 7) is 2.57. The monoisotopic (exact) mass is 194 g/mol. The Labute approximate surface area is 82.7 Å². The van der Waals surface area contributed by atoms with Gasteiger partial charge in [0.25, 0.3) is 0 Å². The van der Waals surface area contributed by atoms with E-state index in [2.05, 4.69) is 15.3 Å². The van der Waals surface area contributed by atoms with E-state index in [0.29, 0.717) is 13.1 Å². The van der Waals surface area contributed by atoms with Gasteiger partial charge >= 0.3 is 0 Å². The van der Waals surface area contributed by atoms with Crippen molar-refractivity contribution in [1.29, 1.82) is 0 Å². The summed E-state index contributed by atoms with van der Waals surface area (Å²) in [7, 11) is 0. The summed E-state index contributed by atoms with van der Waals surface area (Å²) in [5.41, 5.74) is 6.14. The molecule has 76 valence electrons. The second-order valence-electron chi connectivity index (χ2n) is 3.06. The lowest BCUT2D eigenvalue weighted by molar-refractivity contribution is -0.124. The van der Waals surface area contributed by atoms with Crippen LogP contribution in [0.2, 0.25) is 0 Å². The van der Waals surface area contributed by atoms with E-state index in [9.17, 15) is 4.79 Å². The lowest BCUT2D eigenvalue weighted by Crippen LogP contribution is -2.32. The summed E-state index contributed by atoms with van der Waals surface area (Å²) in [5, 5.41) is 2.74. The fourth-order valence-electron chi connectivity index (χ4n) is 0.882. The van der Waals surface area contributed by atoms with Crippen LogP contribution in [0.3, 0.4) is 0 Å². The summed E-state index contributed by atoms with van der Waals surface area (Å²) >= 11 is 0. The third-order valence-electron chi connectivity index (χ3n) is 1.89. The Morgan fingerprint density at radius 2 is 2.50 bits per heavy atom. The van der Waals surface area contributed by atoms with Crippen LogP contribution in [0, 0.1) is 5.92 Å². The second kappa shape index (κ2) is 5.29. The average Bonchev–Trinajstić information content (AvgIpc) is 2.26. The van der Waals surface area contributed by atoms with Gasteiger partial charge < -0.3 is 11.1 Å². The molecular formula is C9H14N4O. The molecule has 1 aromatic rings. The van der Waals surface area contributed by atoms with Crippen molar-refractivity contribution in [2.45, 2.75) is 13.5 Å². The third kappa shape index (κ3) is 3.10. The van der Waals surface area contributed by atoms with Gasteiger partial charge in [-0.05, 0) is 6.07 Å². The first-order valence-corrected chi connectivity index (χ1v) is 4.46. The fourth-order valence-corrected chi connectivity index (χ4v) is 0.882. The van der Waals surface area contributed by atoms with Crippen LogP contribution >= 0.6 is 0 Å². The first-order valence-electron chi connectivity index (χ1n) is 4.46. The van der Waals surface area contributed by atoms with E-state index in [4.69, 9.17) is 5.73 Å². The van der Waals surface area contributed by atoms with Gasteiger partial charge in [-0.1, -0.05) is 6.92 Å². The molecule has 0 spiro atoms. The van der Waals surface area contributed by atoms with E-state index in [0.717, 1.165) is 5.69 Å². The maximum absolute atomic E-state index is 11.3. The molecule has 5 nitrogen and oxygen atoms in total. The molecule has 5 heteroatoms. The molecule has 0 aromatic carbocycles. The topological polar surface area (TPSA) is 80.9 Å². The van der Waals surface area contributed by atoms with Crippen molar-refractivity contribution in [3.8, 4) is 0 Å². The summed E-state index contributed by atoms with van der Waals surface area (Å²) in [4.78, 5) is 19.1. The number of aromatic nitrogens is 2. The van der Waals surface area contributed by atoms with Gasteiger partial charge in [0, 0.05) is 18.7 Å². The minimum Gasteiger partial charge on any atom is -0.350 e. The molecular weight excluding hydrogens is 180 g/mol. The first kappa shape index (κ1) is 10.6. The highest BCUT2D eigenvalue weighted by Gasteiger charge is 2.09. The van der Waals surface area contributed by atoms with Crippen molar-refractivity contribution in [1.82, 2.24) is 15.3 Å². The lowest BCUT2D eigenvalue weighted by atomic mass is 10.2. The predicted octanol–water partition coefficient (Wildman–Crippen LogP) is -0.312. The minimum atomic E-state index is -0.156. The molecule has 0 radical (unpaired) electrons. The minimum absolute atomic E-state index is 0.0499. The number of amides is 1. The maximum atomic E-state index is 11.3. The highest BCUT2D eigenvalue weighted by Crippen LogP contribution is 1.94. The number of carbonyl (C=O) groups excluding carboxylic acids is 1. The number of nitrogens with one attached hydrogen (secondary N) is 1. The Balaban J connectivity index is 2.38. The Bertz CT molecular complexity index is 288. The zero-order valence-electron chi connectivity index (χ0n) is 8.10. The van der Waals surface area contributed by atoms with Crippen molar-refractivity contribution in [3.05, 3.63) is 24.3 Å². The molecule has 1 atom stereocenters. The van der Waals surface area contributed by atoms with Crippen molar-refractivity contribution < 1.29 is 4.79 Å². The Morgan fingerprint density at radius 1 is 1.71 bits per heavy atom. The molecule has 0 saturated carbocycles. The molecule has 14 heavy (non-hydrogen) atoms. The summed E-state index contributed by atoms with van der Waals surface area (Å²) < 4.78 is 0. The average molecular weight is 194 g/mol. The van der Waals surface area contributed by atoms with Crippen LogP contribution < -0.4 is 11.1 Å². The predicted molar refractivity (Wildman–Crippen MR) is 52.1 cm³/mol. The molecule has 1 aromatic heterocycles. The number of hydrogen-bond donors (Lipinski definition) is 2. The number of nitrogens with two attached hydrogens (primary N) is 1. The maximum Gasteiger partial charge on any atom is 0.224 e. The Hall–Kier alpha value is -1.49. The van der Waals surface area contributed by atoms with Crippen molar-refractivity contribution in [2.75, 3.05) is 6.54 Å². The molecule has 3 N–H and O–H groups in total. The highest BCUT2D eigenvalue weighted by molar-refractivity contribution is 5.78. The first-order chi connectivity index (χ1) is 6.74. The lowest BCUT2D eigenvalue weighted by Gasteiger charge is -2.08. The number of carbonyl (C=O) groups is 1. The van der Waals surface area contributed by atoms with Gasteiger partial charge in [0.05, 0.1) is 12.2 Å². The summed E-state index contributed by atoms with van der Waals surface area (Å²) in [5.74, 6) is -0.206. The van der Waals surface area contributed by atoms with Crippen LogP contribution in [-0.4, -0.2) is 22.4 Å². The van der Waals surface area contributed by atoms with E-state index in [1.165, 1.54) is 6.33 Å². The highest BCUT2D eigenvalue weighted by atomic mass is 16.1. The molecule has 0 aliphatic carbocycles. The van der Waals surface area contributed by atoms with E-state index < -0.39 is 0 Å². The summed E-state index contributed by atoms with van der Waals surface area (Å²) in [6.07, 6.45) is 3.09. The van der Waals surface area contributed by atoms with E-state index in [-0.39, 0.29) is 11.8 Å². The van der Waals surface area contributed by atoms with Gasteiger partial charge in [-0.3, -0.25) is 4.79 Å². The van der Waals surface area contributed by atoms with Crippen LogP contribution in [0.1, 0.15) is 12.6 Å². The van der Waals surface area contributed by atoms with Crippen LogP contribution in [-0.2, 0) is 11.3 Å². The van der Waals surface area contributed by atoms with Crippen LogP contribution in [0.25, 0.3) is 0 Å². The van der Waals surface area contributed by atoms with Crippen molar-refractivity contribution in [2.24, 2.45) is 11.7 Å². The standard InChI is InChI=1S/C9H14N4O/c1-7(4-10)9(14)12-5-8-2-3-11-6-13-8/h2-3,6-7H,4-5,10H2,1H3,(H,12,14). The molecule has 0 fully saturated rings. The Morgan fingerprint density at radius 3 is 3.07 bits per heavy atom. The van der Waals surface area contributed by atoms with Crippen molar-refractivity contribution >= 4 is 5.91 Å². The summed E-state index contributed by atoms with van der Waals surface area (Å²) in [6, 6.07) is 1.76. The molecule has 0 saturated heterocycles. The van der Waals surface area contributed by atoms with Gasteiger partial charge in [-0.15, -0.1) is 0 Å². The van der Waals surface area contributed by atoms with Crippen LogP contribution in [0.5, 0.6) is 0 Å². The molecule has 0 aliphatic heterocycles. The molecule has 1 heterocycles. The van der Waals surface area contributed by atoms with Gasteiger partial charge in [-0.25, -0.2) is 9.97 Å². The largest absolute Gasteiger partial charge is 0.350 e. The zero-order valence-corrected chi connectivity index (χ0v) is 8.10. The van der Waals surface area contributed by atoms with Gasteiger partial charge in [0.2, 0.25) is 5.91 Å². The SMILES string of the molecule is CC(CN)C(=O)NCc1ccncn1. The molecule has 1 amide bonds. The molecule has 0 bridgehead atoms. The van der Waals surface area contributed by atoms with Crippen LogP contribution in [0.15, 0.2) is 18.6 Å². The number of rotatable bonds is 4. The molecule has 1 unspecified atom stereocenters. The van der Waals surface area contributed by atoms with Gasteiger partial charge in [-0.2, -0.15) is 0 Å². The van der Waals surface area contributed by atoms with Gasteiger partial charge in [0.15, 0.2) is 0 Å². The fraction of sp³-hybridized carbons (Fsp3) is 0.444. The van der Waals surface area contributed by atoms with E-state index >= 15 is 0 Å². The molecule has 0 aliphatic rings. The van der Waals surface area contributed by atoms with Crippen LogP contribution in [0.4, 0.5) is 0 Å². The van der Waals surface area contributed by atoms with Gasteiger partial charge in [0.1, 0.15) is 6.33 Å². The quantitative estimate of drug-likeness (QED) is 0.688. The number of hydrogen-bond acceptors (Lipinski definition) is 4. The molecule has 1 rings (SSSR count). The Kier molecular flexibility index (Phi) is 4.00. The van der Waals surface area contributed by atoms with Crippen molar-refractivity contribution in [3.63, 3.8) is 0 Å². The van der Waals surface area contributed by atoms with E-state index in [1.54, 1.807) is 19.2 Å². The smallest absolute Gasteiger partial charge is 0.224 e. The normalized spacial score (nSPS) is 12.1. The number of nitrogens with zero attached hydrogens (tertiary/aromatic N) is 2. The third-order valence-corrected chi connectivity index (χ3v) is 1.89. The zero-order chi connectivity index (χ0) is 10.4. The van der Waals surface area contributed by atoms with E-state index in [1.807, 2.05) is 0 Å².